The van der Waals surface area contributed by atoms with Crippen LogP contribution in [0.5, 0.6) is 0 Å². The van der Waals surface area contributed by atoms with Crippen molar-refractivity contribution in [1.82, 2.24) is 10.2 Å². The smallest absolute Gasteiger partial charge is 0.210 e. The minimum atomic E-state index is -0.881. The summed E-state index contributed by atoms with van der Waals surface area (Å²) in [5.41, 5.74) is 2.41. The lowest BCUT2D eigenvalue weighted by atomic mass is 10.1. The summed E-state index contributed by atoms with van der Waals surface area (Å²) in [6.07, 6.45) is -0.881. The zero-order valence-electron chi connectivity index (χ0n) is 12.9. The Hall–Kier alpha value is -1.96. The maximum absolute atomic E-state index is 13.6. The average Bonchev–Trinajstić information content (AvgIpc) is 3.00. The molecule has 24 heavy (non-hydrogen) atoms. The number of aliphatic hydroxyl groups excluding tert-OH is 1. The number of benzene rings is 2. The molecule has 0 amide bonds. The number of thioether (sulfide) groups is 1. The van der Waals surface area contributed by atoms with Crippen molar-refractivity contribution in [2.45, 2.75) is 17.4 Å². The van der Waals surface area contributed by atoms with Gasteiger partial charge in [-0.3, -0.25) is 0 Å². The molecule has 2 N–H and O–H groups in total. The predicted molar refractivity (Wildman–Crippen MR) is 96.5 cm³/mol. The average molecular weight is 361 g/mol. The molecule has 0 spiro atoms. The van der Waals surface area contributed by atoms with Crippen LogP contribution in [-0.4, -0.2) is 21.1 Å². The van der Waals surface area contributed by atoms with Gasteiger partial charge in [0.25, 0.3) is 0 Å². The van der Waals surface area contributed by atoms with Crippen molar-refractivity contribution >= 4 is 33.9 Å². The predicted octanol–water partition coefficient (Wildman–Crippen LogP) is 4.55. The van der Waals surface area contributed by atoms with Crippen molar-refractivity contribution in [1.29, 1.82) is 0 Å². The third-order valence-electron chi connectivity index (χ3n) is 3.30. The number of rotatable bonds is 6. The zero-order valence-corrected chi connectivity index (χ0v) is 14.6. The van der Waals surface area contributed by atoms with E-state index < -0.39 is 11.9 Å². The van der Waals surface area contributed by atoms with Crippen LogP contribution in [0.4, 0.5) is 15.2 Å². The third-order valence-corrected chi connectivity index (χ3v) is 5.35. The number of hydrogen-bond acceptors (Lipinski definition) is 6. The molecular formula is C17H16FN3OS2. The van der Waals surface area contributed by atoms with Gasteiger partial charge in [-0.1, -0.05) is 53.4 Å². The van der Waals surface area contributed by atoms with Gasteiger partial charge in [-0.05, 0) is 30.7 Å². The Morgan fingerprint density at radius 1 is 1.21 bits per heavy atom. The van der Waals surface area contributed by atoms with Crippen molar-refractivity contribution in [3.63, 3.8) is 0 Å². The molecular weight excluding hydrogens is 345 g/mol. The maximum atomic E-state index is 13.6. The second-order valence-corrected chi connectivity index (χ2v) is 7.46. The molecule has 0 aliphatic rings. The van der Waals surface area contributed by atoms with E-state index in [0.717, 1.165) is 15.6 Å². The van der Waals surface area contributed by atoms with E-state index in [1.807, 2.05) is 31.2 Å². The number of anilines is 2. The monoisotopic (exact) mass is 361 g/mol. The van der Waals surface area contributed by atoms with Crippen LogP contribution in [0.3, 0.4) is 0 Å². The third kappa shape index (κ3) is 4.31. The summed E-state index contributed by atoms with van der Waals surface area (Å²) >= 11 is 2.75. The molecule has 0 saturated heterocycles. The van der Waals surface area contributed by atoms with Gasteiger partial charge in [0, 0.05) is 17.0 Å². The highest BCUT2D eigenvalue weighted by molar-refractivity contribution is 8.01. The molecule has 0 aliphatic heterocycles. The van der Waals surface area contributed by atoms with E-state index in [1.54, 1.807) is 18.2 Å². The van der Waals surface area contributed by atoms with Crippen molar-refractivity contribution in [3.05, 3.63) is 65.5 Å². The minimum absolute atomic E-state index is 0.299. The molecule has 0 radical (unpaired) electrons. The Bertz CT molecular complexity index is 825. The van der Waals surface area contributed by atoms with Crippen LogP contribution < -0.4 is 5.32 Å². The number of nitrogens with zero attached hydrogens (tertiary/aromatic N) is 2. The summed E-state index contributed by atoms with van der Waals surface area (Å²) in [7, 11) is 0. The van der Waals surface area contributed by atoms with Crippen molar-refractivity contribution in [3.8, 4) is 0 Å². The second kappa shape index (κ2) is 7.74. The summed E-state index contributed by atoms with van der Waals surface area (Å²) in [6, 6.07) is 14.2. The Labute approximate surface area is 147 Å². The van der Waals surface area contributed by atoms with Crippen LogP contribution in [0.15, 0.2) is 52.9 Å². The number of hydrogen-bond donors (Lipinski definition) is 2. The van der Waals surface area contributed by atoms with Crippen molar-refractivity contribution in [2.75, 3.05) is 11.1 Å². The SMILES string of the molecule is Cc1cccc(Nc2nnc(SCC(O)c3ccccc3F)s2)c1. The molecule has 0 aliphatic carbocycles. The number of aryl methyl sites for hydroxylation is 1. The fourth-order valence-corrected chi connectivity index (χ4v) is 3.90. The first kappa shape index (κ1) is 16.9. The lowest BCUT2D eigenvalue weighted by Gasteiger charge is -2.09. The molecule has 1 aromatic heterocycles. The highest BCUT2D eigenvalue weighted by Crippen LogP contribution is 2.31. The molecule has 2 aromatic carbocycles. The second-order valence-electron chi connectivity index (χ2n) is 5.22. The molecule has 1 unspecified atom stereocenters. The Kier molecular flexibility index (Phi) is 5.44. The van der Waals surface area contributed by atoms with Gasteiger partial charge in [0.1, 0.15) is 5.82 Å². The first-order chi connectivity index (χ1) is 11.6. The lowest BCUT2D eigenvalue weighted by Crippen LogP contribution is -2.03. The summed E-state index contributed by atoms with van der Waals surface area (Å²) < 4.78 is 14.4. The van der Waals surface area contributed by atoms with E-state index in [-0.39, 0.29) is 0 Å². The van der Waals surface area contributed by atoms with Gasteiger partial charge in [-0.25, -0.2) is 4.39 Å². The van der Waals surface area contributed by atoms with Crippen LogP contribution in [0.2, 0.25) is 0 Å². The number of halogens is 1. The largest absolute Gasteiger partial charge is 0.387 e. The normalized spacial score (nSPS) is 12.1. The van der Waals surface area contributed by atoms with Gasteiger partial charge in [0.05, 0.1) is 6.10 Å². The van der Waals surface area contributed by atoms with E-state index in [0.29, 0.717) is 16.4 Å². The number of aliphatic hydroxyl groups is 1. The highest BCUT2D eigenvalue weighted by atomic mass is 32.2. The molecule has 0 bridgehead atoms. The summed E-state index contributed by atoms with van der Waals surface area (Å²) in [5.74, 6) is -0.0790. The maximum Gasteiger partial charge on any atom is 0.210 e. The van der Waals surface area contributed by atoms with Crippen molar-refractivity contribution in [2.24, 2.45) is 0 Å². The van der Waals surface area contributed by atoms with Crippen LogP contribution in [-0.2, 0) is 0 Å². The fraction of sp³-hybridized carbons (Fsp3) is 0.176. The van der Waals surface area contributed by atoms with E-state index >= 15 is 0 Å². The van der Waals surface area contributed by atoms with Crippen LogP contribution in [0.1, 0.15) is 17.2 Å². The van der Waals surface area contributed by atoms with E-state index in [2.05, 4.69) is 15.5 Å². The lowest BCUT2D eigenvalue weighted by molar-refractivity contribution is 0.199. The molecule has 3 rings (SSSR count). The molecule has 1 atom stereocenters. The Morgan fingerprint density at radius 3 is 2.83 bits per heavy atom. The van der Waals surface area contributed by atoms with Gasteiger partial charge in [0.2, 0.25) is 5.13 Å². The van der Waals surface area contributed by atoms with Gasteiger partial charge in [-0.2, -0.15) is 0 Å². The molecule has 3 aromatic rings. The van der Waals surface area contributed by atoms with Crippen LogP contribution in [0.25, 0.3) is 0 Å². The molecule has 1 heterocycles. The van der Waals surface area contributed by atoms with E-state index in [9.17, 15) is 9.50 Å². The zero-order chi connectivity index (χ0) is 16.9. The summed E-state index contributed by atoms with van der Waals surface area (Å²) in [6.45, 7) is 2.02. The standard InChI is InChI=1S/C17H16FN3OS2/c1-11-5-4-6-12(9-11)19-16-20-21-17(24-16)23-10-15(22)13-7-2-3-8-14(13)18/h2-9,15,22H,10H2,1H3,(H,19,20). The molecule has 4 nitrogen and oxygen atoms in total. The van der Waals surface area contributed by atoms with E-state index in [1.165, 1.54) is 29.2 Å². The molecule has 124 valence electrons. The topological polar surface area (TPSA) is 58.0 Å². The van der Waals surface area contributed by atoms with Crippen molar-refractivity contribution < 1.29 is 9.50 Å². The summed E-state index contributed by atoms with van der Waals surface area (Å²) in [4.78, 5) is 0. The summed E-state index contributed by atoms with van der Waals surface area (Å²) in [5, 5.41) is 22.2. The van der Waals surface area contributed by atoms with E-state index in [4.69, 9.17) is 0 Å². The molecule has 0 fully saturated rings. The highest BCUT2D eigenvalue weighted by Gasteiger charge is 2.14. The molecule has 0 saturated carbocycles. The Morgan fingerprint density at radius 2 is 2.04 bits per heavy atom. The Balaban J connectivity index is 1.59. The van der Waals surface area contributed by atoms with Crippen LogP contribution in [0, 0.1) is 12.7 Å². The van der Waals surface area contributed by atoms with Gasteiger partial charge < -0.3 is 10.4 Å². The quantitative estimate of drug-likeness (QED) is 0.631. The first-order valence-corrected chi connectivity index (χ1v) is 9.14. The number of nitrogens with one attached hydrogen (secondary N) is 1. The minimum Gasteiger partial charge on any atom is -0.387 e. The van der Waals surface area contributed by atoms with Gasteiger partial charge >= 0.3 is 0 Å². The molecule has 7 heteroatoms. The fourth-order valence-electron chi connectivity index (χ4n) is 2.15. The van der Waals surface area contributed by atoms with Gasteiger partial charge in [-0.15, -0.1) is 10.2 Å². The van der Waals surface area contributed by atoms with Gasteiger partial charge in [0.15, 0.2) is 4.34 Å². The first-order valence-electron chi connectivity index (χ1n) is 7.34. The number of aromatic nitrogens is 2. The van der Waals surface area contributed by atoms with Crippen LogP contribution >= 0.6 is 23.1 Å².